The van der Waals surface area contributed by atoms with E-state index < -0.39 is 17.5 Å². The summed E-state index contributed by atoms with van der Waals surface area (Å²) in [6.07, 6.45) is 1.33. The summed E-state index contributed by atoms with van der Waals surface area (Å²) in [7, 11) is 0. The lowest BCUT2D eigenvalue weighted by Gasteiger charge is -2.34. The van der Waals surface area contributed by atoms with Crippen LogP contribution in [0.5, 0.6) is 0 Å². The summed E-state index contributed by atoms with van der Waals surface area (Å²) in [5.41, 5.74) is -1.09. The van der Waals surface area contributed by atoms with Gasteiger partial charge in [-0.25, -0.2) is 0 Å². The fraction of sp³-hybridized carbons (Fsp3) is 0.889. The van der Waals surface area contributed by atoms with E-state index in [2.05, 4.69) is 0 Å². The molecule has 0 aromatic rings. The minimum absolute atomic E-state index is 0. The van der Waals surface area contributed by atoms with Crippen LogP contribution in [-0.2, 0) is 4.79 Å². The molecule has 0 fully saturated rings. The molecule has 0 aliphatic heterocycles. The Kier molecular flexibility index (Phi) is 6.80. The van der Waals surface area contributed by atoms with E-state index in [1.54, 1.807) is 20.8 Å². The predicted octanol–water partition coefficient (Wildman–Crippen LogP) is 0.690. The average Bonchev–Trinajstić information content (AvgIpc) is 2.04. The zero-order valence-electron chi connectivity index (χ0n) is 8.96. The summed E-state index contributed by atoms with van der Waals surface area (Å²) in [5.74, 6) is -1.89. The Morgan fingerprint density at radius 3 is 1.85 bits per heavy atom. The minimum Gasteiger partial charge on any atom is -0.550 e. The second-order valence-electron chi connectivity index (χ2n) is 3.09. The monoisotopic (exact) mass is 191 g/mol. The molecule has 0 aromatic heterocycles. The highest BCUT2D eigenvalue weighted by atomic mass is 16.4. The Labute approximate surface area is 79.5 Å². The van der Waals surface area contributed by atoms with Gasteiger partial charge in [0.25, 0.3) is 0 Å². The number of carbonyl (C=O) groups is 1. The van der Waals surface area contributed by atoms with Crippen molar-refractivity contribution in [2.45, 2.75) is 45.6 Å². The van der Waals surface area contributed by atoms with Gasteiger partial charge in [0.05, 0.1) is 5.60 Å². The van der Waals surface area contributed by atoms with Crippen LogP contribution in [-0.4, -0.2) is 16.7 Å². The zero-order chi connectivity index (χ0) is 9.78. The number of hydrogen-bond donors (Lipinski definition) is 2. The van der Waals surface area contributed by atoms with Crippen LogP contribution in [0, 0.1) is 5.92 Å². The van der Waals surface area contributed by atoms with Crippen molar-refractivity contribution < 1.29 is 15.0 Å². The number of carboxylic acids is 1. The molecule has 80 valence electrons. The smallest absolute Gasteiger partial charge is 0.0722 e. The highest BCUT2D eigenvalue weighted by Crippen LogP contribution is 2.27. The van der Waals surface area contributed by atoms with Crippen LogP contribution in [0.25, 0.3) is 0 Å². The number of aliphatic carboxylic acids is 1. The fourth-order valence-corrected chi connectivity index (χ4v) is 1.51. The number of aliphatic hydroxyl groups is 1. The molecule has 0 heterocycles. The third-order valence-corrected chi connectivity index (χ3v) is 2.57. The van der Waals surface area contributed by atoms with Crippen molar-refractivity contribution >= 4 is 5.97 Å². The quantitative estimate of drug-likeness (QED) is 0.669. The second kappa shape index (κ2) is 5.94. The maximum Gasteiger partial charge on any atom is 0.0722 e. The fourth-order valence-electron chi connectivity index (χ4n) is 1.51. The van der Waals surface area contributed by atoms with Gasteiger partial charge < -0.3 is 21.2 Å². The molecule has 0 aliphatic rings. The van der Waals surface area contributed by atoms with Gasteiger partial charge in [-0.05, 0) is 19.3 Å². The summed E-state index contributed by atoms with van der Waals surface area (Å²) in [6.45, 7) is 5.32. The molecule has 4 heteroatoms. The van der Waals surface area contributed by atoms with Crippen molar-refractivity contribution in [3.05, 3.63) is 0 Å². The van der Waals surface area contributed by atoms with E-state index >= 15 is 0 Å². The highest BCUT2D eigenvalue weighted by Gasteiger charge is 2.32. The van der Waals surface area contributed by atoms with Crippen LogP contribution in [0.15, 0.2) is 0 Å². The standard InChI is InChI=1S/C9H18O3.H3N/c1-4-7(8(10)11)9(12,5-2)6-3;/h7,12H,4-6H2,1-3H3,(H,10,11);1H3. The summed E-state index contributed by atoms with van der Waals surface area (Å²) >= 11 is 0. The molecule has 0 aliphatic carbocycles. The maximum atomic E-state index is 10.6. The lowest BCUT2D eigenvalue weighted by Crippen LogP contribution is -2.47. The lowest BCUT2D eigenvalue weighted by molar-refractivity contribution is -0.317. The summed E-state index contributed by atoms with van der Waals surface area (Å²) < 4.78 is 0. The Morgan fingerprint density at radius 2 is 1.77 bits per heavy atom. The normalized spacial score (nSPS) is 13.2. The number of carbonyl (C=O) groups excluding carboxylic acids is 1. The van der Waals surface area contributed by atoms with Crippen molar-refractivity contribution in [2.24, 2.45) is 5.92 Å². The van der Waals surface area contributed by atoms with Crippen molar-refractivity contribution in [1.82, 2.24) is 6.15 Å². The molecule has 1 atom stereocenters. The van der Waals surface area contributed by atoms with Crippen molar-refractivity contribution in [3.63, 3.8) is 0 Å². The van der Waals surface area contributed by atoms with E-state index in [9.17, 15) is 15.0 Å². The second-order valence-corrected chi connectivity index (χ2v) is 3.09. The van der Waals surface area contributed by atoms with Gasteiger partial charge in [-0.2, -0.15) is 0 Å². The van der Waals surface area contributed by atoms with Crippen molar-refractivity contribution in [3.8, 4) is 0 Å². The van der Waals surface area contributed by atoms with E-state index in [-0.39, 0.29) is 6.15 Å². The number of rotatable bonds is 5. The molecule has 0 radical (unpaired) electrons. The van der Waals surface area contributed by atoms with E-state index in [0.717, 1.165) is 0 Å². The first kappa shape index (κ1) is 14.9. The summed E-state index contributed by atoms with van der Waals surface area (Å²) in [5, 5.41) is 20.5. The first-order valence-corrected chi connectivity index (χ1v) is 4.45. The van der Waals surface area contributed by atoms with Gasteiger partial charge in [-0.3, -0.25) is 0 Å². The topological polar surface area (TPSA) is 96.9 Å². The van der Waals surface area contributed by atoms with Gasteiger partial charge in [0.15, 0.2) is 0 Å². The predicted molar refractivity (Wildman–Crippen MR) is 50.3 cm³/mol. The van der Waals surface area contributed by atoms with Crippen LogP contribution in [0.2, 0.25) is 0 Å². The van der Waals surface area contributed by atoms with Crippen LogP contribution in [0.1, 0.15) is 40.0 Å². The molecule has 0 saturated carbocycles. The van der Waals surface area contributed by atoms with Crippen LogP contribution >= 0.6 is 0 Å². The van der Waals surface area contributed by atoms with Crippen LogP contribution < -0.4 is 11.3 Å². The highest BCUT2D eigenvalue weighted by molar-refractivity contribution is 5.69. The van der Waals surface area contributed by atoms with E-state index in [1.807, 2.05) is 0 Å². The molecule has 0 saturated heterocycles. The van der Waals surface area contributed by atoms with Gasteiger partial charge in [-0.1, -0.05) is 20.8 Å². The largest absolute Gasteiger partial charge is 0.550 e. The Bertz CT molecular complexity index is 155. The third-order valence-electron chi connectivity index (χ3n) is 2.57. The molecule has 1 unspecified atom stereocenters. The molecule has 4 nitrogen and oxygen atoms in total. The van der Waals surface area contributed by atoms with Gasteiger partial charge in [0.2, 0.25) is 0 Å². The van der Waals surface area contributed by atoms with E-state index in [4.69, 9.17) is 0 Å². The summed E-state index contributed by atoms with van der Waals surface area (Å²) in [4.78, 5) is 10.6. The molecule has 0 aromatic carbocycles. The molecule has 5 N–H and O–H groups in total. The van der Waals surface area contributed by atoms with Crippen molar-refractivity contribution in [1.29, 1.82) is 0 Å². The Hall–Kier alpha value is -0.610. The third kappa shape index (κ3) is 3.32. The Balaban J connectivity index is 0. The van der Waals surface area contributed by atoms with E-state index in [1.165, 1.54) is 0 Å². The number of quaternary nitrogens is 1. The van der Waals surface area contributed by atoms with E-state index in [0.29, 0.717) is 19.3 Å². The number of carboxylic acid groups (broad SMARTS) is 1. The molecule has 0 amide bonds. The molecule has 0 rings (SSSR count). The van der Waals surface area contributed by atoms with Crippen molar-refractivity contribution in [2.75, 3.05) is 0 Å². The number of hydrogen-bond acceptors (Lipinski definition) is 3. The Morgan fingerprint density at radius 1 is 1.38 bits per heavy atom. The molecule has 0 bridgehead atoms. The molecular weight excluding hydrogens is 170 g/mol. The van der Waals surface area contributed by atoms with Gasteiger partial charge in [0.1, 0.15) is 0 Å². The van der Waals surface area contributed by atoms with Gasteiger partial charge in [-0.15, -0.1) is 0 Å². The summed E-state index contributed by atoms with van der Waals surface area (Å²) in [6, 6.07) is 0. The van der Waals surface area contributed by atoms with Crippen LogP contribution in [0.4, 0.5) is 0 Å². The SMILES string of the molecule is CCC(C(=O)[O-])C(O)(CC)CC.[NH4+]. The zero-order valence-corrected chi connectivity index (χ0v) is 8.96. The maximum absolute atomic E-state index is 10.6. The van der Waals surface area contributed by atoms with Gasteiger partial charge >= 0.3 is 0 Å². The van der Waals surface area contributed by atoms with Crippen LogP contribution in [0.3, 0.4) is 0 Å². The first-order valence-electron chi connectivity index (χ1n) is 4.45. The van der Waals surface area contributed by atoms with Gasteiger partial charge in [0, 0.05) is 11.9 Å². The average molecular weight is 191 g/mol. The lowest BCUT2D eigenvalue weighted by atomic mass is 9.81. The molecule has 13 heavy (non-hydrogen) atoms. The minimum atomic E-state index is -1.15. The molecule has 0 spiro atoms. The first-order chi connectivity index (χ1) is 5.51. The molecular formula is C9H21NO3.